The first-order valence-corrected chi connectivity index (χ1v) is 6.91. The van der Waals surface area contributed by atoms with Crippen molar-refractivity contribution in [1.82, 2.24) is 0 Å². The highest BCUT2D eigenvalue weighted by atomic mass is 35.5. The first-order valence-electron chi connectivity index (χ1n) is 5.34. The van der Waals surface area contributed by atoms with E-state index in [1.54, 1.807) is 18.2 Å². The topological polar surface area (TPSA) is 0 Å². The van der Waals surface area contributed by atoms with Crippen molar-refractivity contribution in [3.63, 3.8) is 0 Å². The summed E-state index contributed by atoms with van der Waals surface area (Å²) in [6.45, 7) is 1.94. The molecule has 0 aliphatic rings. The highest BCUT2D eigenvalue weighted by molar-refractivity contribution is 6.35. The van der Waals surface area contributed by atoms with Gasteiger partial charge in [0.25, 0.3) is 0 Å². The number of halogens is 4. The third-order valence-corrected chi connectivity index (χ3v) is 4.20. The van der Waals surface area contributed by atoms with E-state index >= 15 is 0 Å². The third-order valence-electron chi connectivity index (χ3n) is 2.71. The molecule has 0 fully saturated rings. The minimum Gasteiger partial charge on any atom is -0.113 e. The summed E-state index contributed by atoms with van der Waals surface area (Å²) in [5.41, 5.74) is 2.73. The average molecular weight is 320 g/mol. The largest absolute Gasteiger partial charge is 0.113 e. The van der Waals surface area contributed by atoms with E-state index in [0.29, 0.717) is 10.0 Å². The number of rotatable bonds is 2. The van der Waals surface area contributed by atoms with Gasteiger partial charge in [-0.25, -0.2) is 0 Å². The number of aryl methyl sites for hydroxylation is 1. The smallest absolute Gasteiger partial charge is 0.0850 e. The lowest BCUT2D eigenvalue weighted by atomic mass is 10.0. The van der Waals surface area contributed by atoms with Gasteiger partial charge in [0.1, 0.15) is 0 Å². The Balaban J connectivity index is 2.44. The number of alkyl halides is 1. The molecule has 0 aromatic heterocycles. The molecule has 1 unspecified atom stereocenters. The van der Waals surface area contributed by atoms with Gasteiger partial charge in [-0.15, -0.1) is 11.6 Å². The van der Waals surface area contributed by atoms with Gasteiger partial charge in [-0.2, -0.15) is 0 Å². The predicted molar refractivity (Wildman–Crippen MR) is 80.3 cm³/mol. The zero-order chi connectivity index (χ0) is 13.3. The molecular weight excluding hydrogens is 310 g/mol. The lowest BCUT2D eigenvalue weighted by Crippen LogP contribution is -1.95. The summed E-state index contributed by atoms with van der Waals surface area (Å²) >= 11 is 24.6. The first kappa shape index (κ1) is 14.0. The fourth-order valence-electron chi connectivity index (χ4n) is 1.71. The Kier molecular flexibility index (Phi) is 4.45. The van der Waals surface area contributed by atoms with Gasteiger partial charge in [-0.1, -0.05) is 46.9 Å². The fourth-order valence-corrected chi connectivity index (χ4v) is 2.61. The van der Waals surface area contributed by atoms with Crippen LogP contribution in [0.4, 0.5) is 0 Å². The van der Waals surface area contributed by atoms with E-state index in [2.05, 4.69) is 0 Å². The lowest BCUT2D eigenvalue weighted by molar-refractivity contribution is 1.13. The van der Waals surface area contributed by atoms with Crippen molar-refractivity contribution in [3.8, 4) is 0 Å². The van der Waals surface area contributed by atoms with E-state index in [9.17, 15) is 0 Å². The Morgan fingerprint density at radius 1 is 0.889 bits per heavy atom. The summed E-state index contributed by atoms with van der Waals surface area (Å²) in [5, 5.41) is 1.60. The Hall–Kier alpha value is -0.400. The van der Waals surface area contributed by atoms with Gasteiger partial charge in [-0.3, -0.25) is 0 Å². The molecule has 1 atom stereocenters. The summed E-state index contributed by atoms with van der Waals surface area (Å²) in [6.07, 6.45) is 0. The van der Waals surface area contributed by atoms with Gasteiger partial charge in [0.2, 0.25) is 0 Å². The molecule has 0 radical (unpaired) electrons. The van der Waals surface area contributed by atoms with Crippen LogP contribution in [0.15, 0.2) is 36.4 Å². The molecule has 0 heterocycles. The summed E-state index contributed by atoms with van der Waals surface area (Å²) in [5.74, 6) is 0. The molecular formula is C14H10Cl4. The van der Waals surface area contributed by atoms with Crippen LogP contribution in [0.2, 0.25) is 15.1 Å². The summed E-state index contributed by atoms with van der Waals surface area (Å²) in [4.78, 5) is 0. The van der Waals surface area contributed by atoms with E-state index in [1.807, 2.05) is 25.1 Å². The van der Waals surface area contributed by atoms with E-state index in [4.69, 9.17) is 46.4 Å². The van der Waals surface area contributed by atoms with Crippen molar-refractivity contribution in [2.45, 2.75) is 12.3 Å². The molecule has 2 aromatic rings. The molecule has 94 valence electrons. The molecule has 0 amide bonds. The van der Waals surface area contributed by atoms with Crippen molar-refractivity contribution in [2.75, 3.05) is 0 Å². The van der Waals surface area contributed by atoms with Crippen LogP contribution in [0.25, 0.3) is 0 Å². The Morgan fingerprint density at radius 3 is 2.22 bits per heavy atom. The zero-order valence-corrected chi connectivity index (χ0v) is 12.6. The summed E-state index contributed by atoms with van der Waals surface area (Å²) in [7, 11) is 0. The maximum Gasteiger partial charge on any atom is 0.0850 e. The molecule has 0 N–H and O–H groups in total. The quantitative estimate of drug-likeness (QED) is 0.571. The molecule has 0 bridgehead atoms. The molecule has 0 nitrogen and oxygen atoms in total. The van der Waals surface area contributed by atoms with Gasteiger partial charge in [0.05, 0.1) is 5.38 Å². The number of benzene rings is 2. The van der Waals surface area contributed by atoms with Crippen LogP contribution in [0.1, 0.15) is 22.1 Å². The highest BCUT2D eigenvalue weighted by Crippen LogP contribution is 2.36. The molecule has 0 saturated heterocycles. The predicted octanol–water partition coefficient (Wildman–Crippen LogP) is 6.28. The van der Waals surface area contributed by atoms with Crippen LogP contribution < -0.4 is 0 Å². The maximum atomic E-state index is 6.45. The van der Waals surface area contributed by atoms with Gasteiger partial charge >= 0.3 is 0 Å². The van der Waals surface area contributed by atoms with Crippen molar-refractivity contribution in [3.05, 3.63) is 68.2 Å². The van der Waals surface area contributed by atoms with Crippen molar-refractivity contribution < 1.29 is 0 Å². The van der Waals surface area contributed by atoms with Crippen LogP contribution in [0.5, 0.6) is 0 Å². The molecule has 0 aliphatic carbocycles. The van der Waals surface area contributed by atoms with Crippen molar-refractivity contribution >= 4 is 46.4 Å². The lowest BCUT2D eigenvalue weighted by Gasteiger charge is -2.13. The summed E-state index contributed by atoms with van der Waals surface area (Å²) < 4.78 is 0. The highest BCUT2D eigenvalue weighted by Gasteiger charge is 2.15. The number of hydrogen-bond acceptors (Lipinski definition) is 0. The van der Waals surface area contributed by atoms with Crippen LogP contribution in [-0.4, -0.2) is 0 Å². The van der Waals surface area contributed by atoms with Crippen LogP contribution in [-0.2, 0) is 0 Å². The van der Waals surface area contributed by atoms with Gasteiger partial charge in [-0.05, 0) is 47.9 Å². The average Bonchev–Trinajstić information content (AvgIpc) is 2.35. The van der Waals surface area contributed by atoms with Gasteiger partial charge in [0.15, 0.2) is 0 Å². The van der Waals surface area contributed by atoms with Crippen LogP contribution in [0.3, 0.4) is 0 Å². The second-order valence-electron chi connectivity index (χ2n) is 4.04. The molecule has 4 heteroatoms. The van der Waals surface area contributed by atoms with Crippen LogP contribution in [0, 0.1) is 6.92 Å². The van der Waals surface area contributed by atoms with Crippen molar-refractivity contribution in [2.24, 2.45) is 0 Å². The van der Waals surface area contributed by atoms with E-state index < -0.39 is 0 Å². The Labute approximate surface area is 126 Å². The van der Waals surface area contributed by atoms with E-state index in [-0.39, 0.29) is 5.38 Å². The molecule has 2 rings (SSSR count). The van der Waals surface area contributed by atoms with E-state index in [1.165, 1.54) is 0 Å². The number of hydrogen-bond donors (Lipinski definition) is 0. The zero-order valence-electron chi connectivity index (χ0n) is 9.55. The van der Waals surface area contributed by atoms with Gasteiger partial charge in [0, 0.05) is 15.1 Å². The SMILES string of the molecule is Cc1cc(C(Cl)c2cc(Cl)ccc2Cl)ccc1Cl. The van der Waals surface area contributed by atoms with E-state index in [0.717, 1.165) is 21.7 Å². The second kappa shape index (κ2) is 5.71. The standard InChI is InChI=1S/C14H10Cl4/c1-8-6-9(2-4-12(8)16)14(18)11-7-10(15)3-5-13(11)17/h2-7,14H,1H3. The molecule has 0 spiro atoms. The summed E-state index contributed by atoms with van der Waals surface area (Å²) in [6, 6.07) is 11.0. The van der Waals surface area contributed by atoms with Crippen LogP contribution >= 0.6 is 46.4 Å². The molecule has 0 aliphatic heterocycles. The maximum absolute atomic E-state index is 6.45. The first-order chi connectivity index (χ1) is 8.49. The minimum atomic E-state index is -0.341. The second-order valence-corrected chi connectivity index (χ2v) is 5.72. The third kappa shape index (κ3) is 2.95. The molecule has 0 saturated carbocycles. The Bertz CT molecular complexity index is 578. The van der Waals surface area contributed by atoms with Crippen molar-refractivity contribution in [1.29, 1.82) is 0 Å². The fraction of sp³-hybridized carbons (Fsp3) is 0.143. The minimum absolute atomic E-state index is 0.341. The molecule has 18 heavy (non-hydrogen) atoms. The monoisotopic (exact) mass is 318 g/mol. The normalized spacial score (nSPS) is 12.5. The van der Waals surface area contributed by atoms with Gasteiger partial charge < -0.3 is 0 Å². The molecule has 2 aromatic carbocycles. The Morgan fingerprint density at radius 2 is 1.56 bits per heavy atom.